The van der Waals surface area contributed by atoms with Crippen LogP contribution in [0.1, 0.15) is 12.8 Å². The highest BCUT2D eigenvalue weighted by Crippen LogP contribution is 2.25. The molecular formula is C16H21N3O. The summed E-state index contributed by atoms with van der Waals surface area (Å²) in [6.07, 6.45) is 4.53. The lowest BCUT2D eigenvalue weighted by Gasteiger charge is -2.15. The Balaban J connectivity index is 1.70. The molecule has 2 aromatic rings. The molecule has 1 N–H and O–H groups in total. The SMILES string of the molecule is COc1ccc2c(NCCN3CCCC3)nccc2c1. The number of hydrogen-bond acceptors (Lipinski definition) is 4. The lowest BCUT2D eigenvalue weighted by Crippen LogP contribution is -2.26. The molecule has 1 saturated heterocycles. The highest BCUT2D eigenvalue weighted by Gasteiger charge is 2.10. The topological polar surface area (TPSA) is 37.4 Å². The summed E-state index contributed by atoms with van der Waals surface area (Å²) in [4.78, 5) is 6.96. The summed E-state index contributed by atoms with van der Waals surface area (Å²) in [5, 5.41) is 5.76. The molecule has 0 spiro atoms. The van der Waals surface area contributed by atoms with Crippen LogP contribution in [0.3, 0.4) is 0 Å². The molecule has 0 radical (unpaired) electrons. The Morgan fingerprint density at radius 3 is 2.90 bits per heavy atom. The summed E-state index contributed by atoms with van der Waals surface area (Å²) in [5.41, 5.74) is 0. The van der Waals surface area contributed by atoms with Crippen molar-refractivity contribution in [1.82, 2.24) is 9.88 Å². The van der Waals surface area contributed by atoms with Gasteiger partial charge in [-0.05, 0) is 55.6 Å². The van der Waals surface area contributed by atoms with E-state index in [-0.39, 0.29) is 0 Å². The van der Waals surface area contributed by atoms with E-state index in [0.717, 1.165) is 35.4 Å². The maximum absolute atomic E-state index is 5.26. The van der Waals surface area contributed by atoms with E-state index < -0.39 is 0 Å². The van der Waals surface area contributed by atoms with E-state index >= 15 is 0 Å². The summed E-state index contributed by atoms with van der Waals surface area (Å²) in [5.74, 6) is 1.84. The molecule has 0 amide bonds. The minimum atomic E-state index is 0.881. The number of hydrogen-bond donors (Lipinski definition) is 1. The van der Waals surface area contributed by atoms with Crippen LogP contribution in [0.4, 0.5) is 5.82 Å². The molecular weight excluding hydrogens is 250 g/mol. The van der Waals surface area contributed by atoms with Crippen LogP contribution in [0.25, 0.3) is 10.8 Å². The Morgan fingerprint density at radius 2 is 2.10 bits per heavy atom. The van der Waals surface area contributed by atoms with Crippen LogP contribution in [-0.4, -0.2) is 43.2 Å². The van der Waals surface area contributed by atoms with Gasteiger partial charge in [-0.3, -0.25) is 0 Å². The van der Waals surface area contributed by atoms with Gasteiger partial charge in [0.05, 0.1) is 7.11 Å². The van der Waals surface area contributed by atoms with Crippen LogP contribution < -0.4 is 10.1 Å². The lowest BCUT2D eigenvalue weighted by molar-refractivity contribution is 0.352. The monoisotopic (exact) mass is 271 g/mol. The molecule has 20 heavy (non-hydrogen) atoms. The minimum Gasteiger partial charge on any atom is -0.497 e. The Labute approximate surface area is 119 Å². The minimum absolute atomic E-state index is 0.881. The van der Waals surface area contributed by atoms with E-state index in [4.69, 9.17) is 4.74 Å². The number of aromatic nitrogens is 1. The molecule has 0 bridgehead atoms. The smallest absolute Gasteiger partial charge is 0.133 e. The highest BCUT2D eigenvalue weighted by atomic mass is 16.5. The molecule has 1 aromatic carbocycles. The predicted molar refractivity (Wildman–Crippen MR) is 82.5 cm³/mol. The third kappa shape index (κ3) is 2.85. The number of pyridine rings is 1. The lowest BCUT2D eigenvalue weighted by atomic mass is 10.1. The van der Waals surface area contributed by atoms with E-state index in [0.29, 0.717) is 0 Å². The molecule has 0 aliphatic carbocycles. The summed E-state index contributed by atoms with van der Waals surface area (Å²) in [6, 6.07) is 8.11. The third-order valence-corrected chi connectivity index (χ3v) is 3.89. The van der Waals surface area contributed by atoms with Crippen LogP contribution in [0.5, 0.6) is 5.75 Å². The summed E-state index contributed by atoms with van der Waals surface area (Å²) in [7, 11) is 1.69. The Bertz CT molecular complexity index is 579. The van der Waals surface area contributed by atoms with Crippen LogP contribution in [0, 0.1) is 0 Å². The quantitative estimate of drug-likeness (QED) is 0.907. The fraction of sp³-hybridized carbons (Fsp3) is 0.438. The Morgan fingerprint density at radius 1 is 1.25 bits per heavy atom. The first-order chi connectivity index (χ1) is 9.86. The van der Waals surface area contributed by atoms with Crippen LogP contribution in [-0.2, 0) is 0 Å². The zero-order valence-electron chi connectivity index (χ0n) is 11.9. The average Bonchev–Trinajstić information content (AvgIpc) is 3.00. The van der Waals surface area contributed by atoms with E-state index in [1.165, 1.54) is 25.9 Å². The van der Waals surface area contributed by atoms with Crippen molar-refractivity contribution >= 4 is 16.6 Å². The maximum atomic E-state index is 5.26. The van der Waals surface area contributed by atoms with Crippen molar-refractivity contribution in [3.05, 3.63) is 30.5 Å². The second kappa shape index (κ2) is 6.09. The number of fused-ring (bicyclic) bond motifs is 1. The molecule has 0 unspecified atom stereocenters. The molecule has 3 rings (SSSR count). The van der Waals surface area contributed by atoms with E-state index in [1.807, 2.05) is 24.4 Å². The Hall–Kier alpha value is -1.81. The van der Waals surface area contributed by atoms with Crippen LogP contribution >= 0.6 is 0 Å². The molecule has 0 atom stereocenters. The number of methoxy groups -OCH3 is 1. The van der Waals surface area contributed by atoms with Crippen molar-refractivity contribution < 1.29 is 4.74 Å². The van der Waals surface area contributed by atoms with Crippen molar-refractivity contribution in [3.8, 4) is 5.75 Å². The van der Waals surface area contributed by atoms with Gasteiger partial charge in [-0.2, -0.15) is 0 Å². The largest absolute Gasteiger partial charge is 0.497 e. The van der Waals surface area contributed by atoms with E-state index in [9.17, 15) is 0 Å². The van der Waals surface area contributed by atoms with Crippen molar-refractivity contribution in [2.75, 3.05) is 38.6 Å². The second-order valence-electron chi connectivity index (χ2n) is 5.22. The number of nitrogens with zero attached hydrogens (tertiary/aromatic N) is 2. The van der Waals surface area contributed by atoms with Gasteiger partial charge in [0.1, 0.15) is 11.6 Å². The summed E-state index contributed by atoms with van der Waals surface area (Å²) < 4.78 is 5.26. The number of anilines is 1. The first kappa shape index (κ1) is 13.2. The molecule has 1 fully saturated rings. The van der Waals surface area contributed by atoms with Gasteiger partial charge in [-0.25, -0.2) is 4.98 Å². The van der Waals surface area contributed by atoms with Gasteiger partial charge < -0.3 is 15.0 Å². The van der Waals surface area contributed by atoms with Gasteiger partial charge in [0.15, 0.2) is 0 Å². The fourth-order valence-electron chi connectivity index (χ4n) is 2.76. The average molecular weight is 271 g/mol. The third-order valence-electron chi connectivity index (χ3n) is 3.89. The number of nitrogens with one attached hydrogen (secondary N) is 1. The zero-order chi connectivity index (χ0) is 13.8. The number of ether oxygens (including phenoxy) is 1. The molecule has 4 nitrogen and oxygen atoms in total. The van der Waals surface area contributed by atoms with Gasteiger partial charge in [-0.15, -0.1) is 0 Å². The van der Waals surface area contributed by atoms with Crippen molar-refractivity contribution in [2.24, 2.45) is 0 Å². The van der Waals surface area contributed by atoms with Crippen LogP contribution in [0.2, 0.25) is 0 Å². The van der Waals surface area contributed by atoms with Crippen molar-refractivity contribution in [2.45, 2.75) is 12.8 Å². The molecule has 0 saturated carbocycles. The van der Waals surface area contributed by atoms with Gasteiger partial charge in [0.25, 0.3) is 0 Å². The second-order valence-corrected chi connectivity index (χ2v) is 5.22. The number of benzene rings is 1. The summed E-state index contributed by atoms with van der Waals surface area (Å²) in [6.45, 7) is 4.51. The van der Waals surface area contributed by atoms with Crippen molar-refractivity contribution in [1.29, 1.82) is 0 Å². The standard InChI is InChI=1S/C16H21N3O/c1-20-14-4-5-15-13(12-14)6-7-17-16(15)18-8-11-19-9-2-3-10-19/h4-7,12H,2-3,8-11H2,1H3,(H,17,18). The van der Waals surface area contributed by atoms with E-state index in [1.54, 1.807) is 7.11 Å². The maximum Gasteiger partial charge on any atom is 0.133 e. The first-order valence-electron chi connectivity index (χ1n) is 7.26. The van der Waals surface area contributed by atoms with Crippen LogP contribution in [0.15, 0.2) is 30.5 Å². The van der Waals surface area contributed by atoms with Crippen molar-refractivity contribution in [3.63, 3.8) is 0 Å². The zero-order valence-corrected chi connectivity index (χ0v) is 11.9. The molecule has 2 heterocycles. The number of likely N-dealkylation sites (tertiary alicyclic amines) is 1. The van der Waals surface area contributed by atoms with Gasteiger partial charge in [0.2, 0.25) is 0 Å². The van der Waals surface area contributed by atoms with Gasteiger partial charge >= 0.3 is 0 Å². The normalized spacial score (nSPS) is 15.7. The molecule has 1 aromatic heterocycles. The molecule has 4 heteroatoms. The van der Waals surface area contributed by atoms with Gasteiger partial charge in [0, 0.05) is 24.7 Å². The number of rotatable bonds is 5. The van der Waals surface area contributed by atoms with E-state index in [2.05, 4.69) is 21.3 Å². The predicted octanol–water partition coefficient (Wildman–Crippen LogP) is 2.75. The van der Waals surface area contributed by atoms with Gasteiger partial charge in [-0.1, -0.05) is 0 Å². The highest BCUT2D eigenvalue weighted by molar-refractivity contribution is 5.92. The Kier molecular flexibility index (Phi) is 4.02. The summed E-state index contributed by atoms with van der Waals surface area (Å²) >= 11 is 0. The molecule has 1 aliphatic rings. The fourth-order valence-corrected chi connectivity index (χ4v) is 2.76. The molecule has 1 aliphatic heterocycles. The molecule has 106 valence electrons. The first-order valence-corrected chi connectivity index (χ1v) is 7.26.